The monoisotopic (exact) mass is 294 g/mol. The number of hydrogen-bond acceptors (Lipinski definition) is 5. The number of thiophene rings is 1. The van der Waals surface area contributed by atoms with Gasteiger partial charge < -0.3 is 9.84 Å². The van der Waals surface area contributed by atoms with Gasteiger partial charge >= 0.3 is 5.97 Å². The number of aliphatic hydroxyl groups is 1. The van der Waals surface area contributed by atoms with E-state index in [1.165, 1.54) is 0 Å². The van der Waals surface area contributed by atoms with Gasteiger partial charge in [0.25, 0.3) is 0 Å². The van der Waals surface area contributed by atoms with Gasteiger partial charge in [-0.25, -0.2) is 4.79 Å². The van der Waals surface area contributed by atoms with Gasteiger partial charge in [0.15, 0.2) is 11.9 Å². The quantitative estimate of drug-likeness (QED) is 0.684. The summed E-state index contributed by atoms with van der Waals surface area (Å²) in [6.45, 7) is 1.88. The van der Waals surface area contributed by atoms with Crippen LogP contribution in [-0.2, 0) is 14.3 Å². The van der Waals surface area contributed by atoms with E-state index in [1.54, 1.807) is 18.3 Å². The lowest BCUT2D eigenvalue weighted by atomic mass is 9.80. The molecule has 0 aliphatic heterocycles. The molecule has 20 heavy (non-hydrogen) atoms. The number of ether oxygens (including phenoxy) is 1. The van der Waals surface area contributed by atoms with E-state index in [4.69, 9.17) is 4.74 Å². The van der Waals surface area contributed by atoms with Crippen LogP contribution in [0.25, 0.3) is 6.08 Å². The van der Waals surface area contributed by atoms with E-state index in [1.807, 2.05) is 23.6 Å². The van der Waals surface area contributed by atoms with Crippen LogP contribution in [0.1, 0.15) is 31.1 Å². The predicted molar refractivity (Wildman–Crippen MR) is 77.3 cm³/mol. The summed E-state index contributed by atoms with van der Waals surface area (Å²) in [5.74, 6) is -1.51. The van der Waals surface area contributed by atoms with Crippen molar-refractivity contribution in [2.24, 2.45) is 5.92 Å². The first-order valence-electron chi connectivity index (χ1n) is 6.76. The number of esters is 1. The molecule has 0 aromatic carbocycles. The third-order valence-corrected chi connectivity index (χ3v) is 4.20. The number of hydrogen-bond donors (Lipinski definition) is 1. The minimum Gasteiger partial charge on any atom is -0.464 e. The lowest BCUT2D eigenvalue weighted by Gasteiger charge is -2.25. The van der Waals surface area contributed by atoms with Crippen LogP contribution >= 0.6 is 11.3 Å². The highest BCUT2D eigenvalue weighted by Crippen LogP contribution is 2.30. The van der Waals surface area contributed by atoms with Crippen LogP contribution in [0.15, 0.2) is 23.1 Å². The molecule has 2 rings (SSSR count). The highest BCUT2D eigenvalue weighted by Gasteiger charge is 2.36. The second-order valence-corrected chi connectivity index (χ2v) is 5.72. The van der Waals surface area contributed by atoms with Crippen molar-refractivity contribution in [2.45, 2.75) is 32.3 Å². The fraction of sp³-hybridized carbons (Fsp3) is 0.467. The fourth-order valence-electron chi connectivity index (χ4n) is 2.39. The van der Waals surface area contributed by atoms with Gasteiger partial charge in [0.2, 0.25) is 0 Å². The molecule has 4 nitrogen and oxygen atoms in total. The maximum Gasteiger partial charge on any atom is 0.335 e. The molecule has 0 amide bonds. The van der Waals surface area contributed by atoms with E-state index in [0.717, 1.165) is 11.3 Å². The van der Waals surface area contributed by atoms with Gasteiger partial charge in [-0.1, -0.05) is 6.07 Å². The SMILES string of the molecule is CCOC(=O)[C@@H](O)[C@@H]1CCC/C(=C\c2cccs2)C1=O. The van der Waals surface area contributed by atoms with Crippen molar-refractivity contribution in [1.82, 2.24) is 0 Å². The summed E-state index contributed by atoms with van der Waals surface area (Å²) >= 11 is 1.56. The van der Waals surface area contributed by atoms with Gasteiger partial charge in [-0.05, 0) is 49.3 Å². The molecular formula is C15H18O4S. The molecule has 1 aliphatic carbocycles. The first-order valence-corrected chi connectivity index (χ1v) is 7.64. The molecule has 0 spiro atoms. The van der Waals surface area contributed by atoms with E-state index in [0.29, 0.717) is 18.4 Å². The van der Waals surface area contributed by atoms with Crippen molar-refractivity contribution in [1.29, 1.82) is 0 Å². The molecule has 5 heteroatoms. The van der Waals surface area contributed by atoms with Gasteiger partial charge in [0.1, 0.15) is 0 Å². The van der Waals surface area contributed by atoms with Crippen LogP contribution in [0.2, 0.25) is 0 Å². The fourth-order valence-corrected chi connectivity index (χ4v) is 3.07. The molecule has 1 saturated carbocycles. The van der Waals surface area contributed by atoms with Crippen LogP contribution in [0.5, 0.6) is 0 Å². The summed E-state index contributed by atoms with van der Waals surface area (Å²) in [5, 5.41) is 11.9. The summed E-state index contributed by atoms with van der Waals surface area (Å²) in [5.41, 5.74) is 0.687. The molecule has 108 valence electrons. The maximum atomic E-state index is 12.4. The second kappa shape index (κ2) is 6.81. The normalized spacial score (nSPS) is 22.8. The Labute approximate surface area is 122 Å². The third-order valence-electron chi connectivity index (χ3n) is 3.38. The Morgan fingerprint density at radius 2 is 2.45 bits per heavy atom. The molecular weight excluding hydrogens is 276 g/mol. The Bertz CT molecular complexity index is 504. The summed E-state index contributed by atoms with van der Waals surface area (Å²) in [6, 6.07) is 3.87. The average Bonchev–Trinajstić information content (AvgIpc) is 2.93. The minimum absolute atomic E-state index is 0.134. The Morgan fingerprint density at radius 3 is 3.10 bits per heavy atom. The Kier molecular flexibility index (Phi) is 5.09. The lowest BCUT2D eigenvalue weighted by molar-refractivity contribution is -0.158. The van der Waals surface area contributed by atoms with E-state index in [9.17, 15) is 14.7 Å². The molecule has 1 N–H and O–H groups in total. The first kappa shape index (κ1) is 14.9. The zero-order valence-corrected chi connectivity index (χ0v) is 12.2. The number of Topliss-reactive ketones (excluding diaryl/α,β-unsaturated/α-hetero) is 1. The Balaban J connectivity index is 2.12. The number of ketones is 1. The number of carbonyl (C=O) groups excluding carboxylic acids is 2. The van der Waals surface area contributed by atoms with Crippen LogP contribution in [0.3, 0.4) is 0 Å². The number of carbonyl (C=O) groups is 2. The lowest BCUT2D eigenvalue weighted by Crippen LogP contribution is -2.38. The number of allylic oxidation sites excluding steroid dienone is 1. The summed E-state index contributed by atoms with van der Waals surface area (Å²) in [4.78, 5) is 25.0. The molecule has 0 bridgehead atoms. The van der Waals surface area contributed by atoms with E-state index in [2.05, 4.69) is 0 Å². The molecule has 0 radical (unpaired) electrons. The van der Waals surface area contributed by atoms with Crippen molar-refractivity contribution in [2.75, 3.05) is 6.61 Å². The maximum absolute atomic E-state index is 12.4. The van der Waals surface area contributed by atoms with Crippen molar-refractivity contribution < 1.29 is 19.4 Å². The standard InChI is InChI=1S/C15H18O4S/c1-2-19-15(18)14(17)12-7-3-5-10(13(12)16)9-11-6-4-8-20-11/h4,6,8-9,12,14,17H,2-3,5,7H2,1H3/b10-9+/t12-,14+/m1/s1. The first-order chi connectivity index (χ1) is 9.63. The molecule has 1 aromatic rings. The molecule has 0 unspecified atom stereocenters. The average molecular weight is 294 g/mol. The Hall–Kier alpha value is -1.46. The van der Waals surface area contributed by atoms with Crippen molar-refractivity contribution in [3.05, 3.63) is 28.0 Å². The van der Waals surface area contributed by atoms with Crippen LogP contribution < -0.4 is 0 Å². The summed E-state index contributed by atoms with van der Waals surface area (Å²) in [7, 11) is 0. The van der Waals surface area contributed by atoms with Gasteiger partial charge in [-0.15, -0.1) is 11.3 Å². The van der Waals surface area contributed by atoms with Crippen LogP contribution in [-0.4, -0.2) is 29.6 Å². The van der Waals surface area contributed by atoms with E-state index in [-0.39, 0.29) is 12.4 Å². The molecule has 1 fully saturated rings. The van der Waals surface area contributed by atoms with Crippen LogP contribution in [0, 0.1) is 5.92 Å². The van der Waals surface area contributed by atoms with E-state index >= 15 is 0 Å². The Morgan fingerprint density at radius 1 is 1.65 bits per heavy atom. The smallest absolute Gasteiger partial charge is 0.335 e. The third kappa shape index (κ3) is 3.35. The number of rotatable bonds is 4. The largest absolute Gasteiger partial charge is 0.464 e. The zero-order valence-electron chi connectivity index (χ0n) is 11.4. The molecule has 1 heterocycles. The molecule has 1 aliphatic rings. The molecule has 0 saturated heterocycles. The van der Waals surface area contributed by atoms with Crippen molar-refractivity contribution in [3.8, 4) is 0 Å². The molecule has 1 aromatic heterocycles. The second-order valence-electron chi connectivity index (χ2n) is 4.74. The number of aliphatic hydroxyl groups excluding tert-OH is 1. The molecule has 2 atom stereocenters. The van der Waals surface area contributed by atoms with Gasteiger partial charge in [0.05, 0.1) is 12.5 Å². The highest BCUT2D eigenvalue weighted by atomic mass is 32.1. The van der Waals surface area contributed by atoms with Gasteiger partial charge in [-0.2, -0.15) is 0 Å². The zero-order chi connectivity index (χ0) is 14.5. The summed E-state index contributed by atoms with van der Waals surface area (Å²) < 4.78 is 4.79. The highest BCUT2D eigenvalue weighted by molar-refractivity contribution is 7.10. The summed E-state index contributed by atoms with van der Waals surface area (Å²) in [6.07, 6.45) is 2.53. The van der Waals surface area contributed by atoms with Crippen LogP contribution in [0.4, 0.5) is 0 Å². The van der Waals surface area contributed by atoms with Gasteiger partial charge in [-0.3, -0.25) is 4.79 Å². The topological polar surface area (TPSA) is 63.6 Å². The minimum atomic E-state index is -1.35. The predicted octanol–water partition coefficient (Wildman–Crippen LogP) is 2.42. The van der Waals surface area contributed by atoms with E-state index < -0.39 is 18.0 Å². The van der Waals surface area contributed by atoms with Crippen molar-refractivity contribution in [3.63, 3.8) is 0 Å². The van der Waals surface area contributed by atoms with Crippen molar-refractivity contribution >= 4 is 29.2 Å². The van der Waals surface area contributed by atoms with Gasteiger partial charge in [0, 0.05) is 4.88 Å².